The second kappa shape index (κ2) is 11.2. The van der Waals surface area contributed by atoms with Gasteiger partial charge in [-0.05, 0) is 55.4 Å². The first-order valence-electron chi connectivity index (χ1n) is 11.3. The van der Waals surface area contributed by atoms with Crippen LogP contribution in [0.1, 0.15) is 61.1 Å². The lowest BCUT2D eigenvalue weighted by atomic mass is 9.99. The van der Waals surface area contributed by atoms with Crippen LogP contribution in [0.25, 0.3) is 0 Å². The van der Waals surface area contributed by atoms with E-state index in [-0.39, 0.29) is 21.7 Å². The van der Waals surface area contributed by atoms with E-state index in [0.717, 1.165) is 11.3 Å². The van der Waals surface area contributed by atoms with Gasteiger partial charge in [-0.3, -0.25) is 14.9 Å². The fraction of sp³-hybridized carbons (Fsp3) is 0.636. The van der Waals surface area contributed by atoms with Crippen molar-refractivity contribution in [2.75, 3.05) is 11.9 Å². The van der Waals surface area contributed by atoms with Crippen LogP contribution in [0, 0.1) is 0 Å². The molecule has 0 saturated carbocycles. The molecule has 1 saturated heterocycles. The number of carbonyl (C=O) groups excluding carboxylic acids is 4. The minimum atomic E-state index is -1.60. The van der Waals surface area contributed by atoms with Gasteiger partial charge in [0.2, 0.25) is 11.5 Å². The van der Waals surface area contributed by atoms with Gasteiger partial charge in [-0.2, -0.15) is 0 Å². The van der Waals surface area contributed by atoms with Crippen LogP contribution in [0.2, 0.25) is 4.34 Å². The summed E-state index contributed by atoms with van der Waals surface area (Å²) in [4.78, 5) is 59.4. The molecule has 3 amide bonds. The van der Waals surface area contributed by atoms with Crippen molar-refractivity contribution in [3.63, 3.8) is 0 Å². The number of halogens is 1. The summed E-state index contributed by atoms with van der Waals surface area (Å²) in [7, 11) is 0. The number of aromatic nitrogens is 1. The van der Waals surface area contributed by atoms with Crippen molar-refractivity contribution in [1.29, 1.82) is 0 Å². The fourth-order valence-electron chi connectivity index (χ4n) is 2.70. The van der Waals surface area contributed by atoms with Gasteiger partial charge in [0.1, 0.15) is 27.3 Å². The Morgan fingerprint density at radius 1 is 1.11 bits per heavy atom. The number of nitrogens with two attached hydrogens (primary N) is 1. The monoisotopic (exact) mass is 560 g/mol. The number of esters is 1. The van der Waals surface area contributed by atoms with Crippen molar-refractivity contribution in [1.82, 2.24) is 15.6 Å². The second-order valence-electron chi connectivity index (χ2n) is 10.6. The van der Waals surface area contributed by atoms with E-state index in [2.05, 4.69) is 26.1 Å². The van der Waals surface area contributed by atoms with E-state index >= 15 is 0 Å². The Morgan fingerprint density at radius 2 is 1.70 bits per heavy atom. The van der Waals surface area contributed by atoms with E-state index in [1.54, 1.807) is 41.5 Å². The van der Waals surface area contributed by atoms with Gasteiger partial charge < -0.3 is 30.7 Å². The lowest BCUT2D eigenvalue weighted by Crippen LogP contribution is -2.71. The smallest absolute Gasteiger partial charge is 0.413 e. The molecule has 2 rings (SSSR count). The van der Waals surface area contributed by atoms with E-state index in [0.29, 0.717) is 0 Å². The number of nitrogens with zero attached hydrogens (tertiary/aromatic N) is 2. The molecule has 13 nitrogen and oxygen atoms in total. The van der Waals surface area contributed by atoms with Crippen LogP contribution in [-0.4, -0.2) is 70.0 Å². The first-order chi connectivity index (χ1) is 16.8. The minimum absolute atomic E-state index is 0.0161. The topological polar surface area (TPSA) is 183 Å². The Bertz CT molecular complexity index is 1090. The van der Waals surface area contributed by atoms with Gasteiger partial charge in [-0.15, -0.1) is 0 Å². The fourth-order valence-corrected chi connectivity index (χ4v) is 3.73. The van der Waals surface area contributed by atoms with Crippen LogP contribution in [0.4, 0.5) is 9.93 Å². The van der Waals surface area contributed by atoms with E-state index in [1.165, 1.54) is 13.8 Å². The molecule has 206 valence electrons. The standard InChI is InChI=1S/C22H33ClN6O7S/c1-20(2,3)34-17(32)22(7,8)36-29-13(16(31)26-11-10(9-24)25-15(11)30)12-14(23)37-18(27-12)28-19(33)35-21(4,5)6/h10-11H,9,24H2,1-8H3,(H,25,30)(H,26,31)(H,27,28,33)/b29-13-/t10-,11+/m1/s1. The van der Waals surface area contributed by atoms with Crippen LogP contribution in [0.15, 0.2) is 5.16 Å². The summed E-state index contributed by atoms with van der Waals surface area (Å²) in [6.45, 7) is 13.0. The zero-order chi connectivity index (χ0) is 28.3. The molecule has 0 bridgehead atoms. The van der Waals surface area contributed by atoms with Crippen LogP contribution in [-0.2, 0) is 28.7 Å². The molecular weight excluding hydrogens is 528 g/mol. The molecule has 37 heavy (non-hydrogen) atoms. The summed E-state index contributed by atoms with van der Waals surface area (Å²) in [5, 5.41) is 11.4. The summed E-state index contributed by atoms with van der Waals surface area (Å²) in [5.41, 5.74) is 1.86. The number of hydrogen-bond donors (Lipinski definition) is 4. The molecule has 1 fully saturated rings. The summed E-state index contributed by atoms with van der Waals surface area (Å²) in [5.74, 6) is -2.04. The third-order valence-corrected chi connectivity index (χ3v) is 5.61. The Hall–Kier alpha value is -2.97. The molecule has 5 N–H and O–H groups in total. The number of rotatable bonds is 8. The summed E-state index contributed by atoms with van der Waals surface area (Å²) < 4.78 is 10.5. The van der Waals surface area contributed by atoms with Crippen LogP contribution >= 0.6 is 22.9 Å². The molecule has 0 aliphatic carbocycles. The summed E-state index contributed by atoms with van der Waals surface area (Å²) >= 11 is 7.17. The van der Waals surface area contributed by atoms with Gasteiger partial charge >= 0.3 is 12.1 Å². The maximum atomic E-state index is 13.2. The number of ether oxygens (including phenoxy) is 2. The SMILES string of the molecule is CC(C)(C)OC(=O)Nc1nc(/C(=N/OC(C)(C)C(=O)OC(C)(C)C)C(=O)N[C@@H]2C(=O)N[C@@H]2CN)c(Cl)s1. The molecule has 2 heterocycles. The number of anilines is 1. The van der Waals surface area contributed by atoms with Gasteiger partial charge in [0.25, 0.3) is 5.91 Å². The van der Waals surface area contributed by atoms with Crippen molar-refractivity contribution in [2.24, 2.45) is 10.9 Å². The van der Waals surface area contributed by atoms with Gasteiger partial charge in [0.05, 0.1) is 6.04 Å². The number of carbonyl (C=O) groups is 4. The third-order valence-electron chi connectivity index (χ3n) is 4.44. The molecule has 0 radical (unpaired) electrons. The van der Waals surface area contributed by atoms with Crippen molar-refractivity contribution < 1.29 is 33.5 Å². The van der Waals surface area contributed by atoms with E-state index < -0.39 is 58.5 Å². The molecule has 1 aromatic heterocycles. The Kier molecular flexibility index (Phi) is 9.15. The minimum Gasteiger partial charge on any atom is -0.457 e. The molecule has 0 aromatic carbocycles. The first kappa shape index (κ1) is 30.3. The summed E-state index contributed by atoms with van der Waals surface area (Å²) in [6.07, 6.45) is -0.786. The number of amides is 3. The van der Waals surface area contributed by atoms with Gasteiger partial charge in [0, 0.05) is 6.54 Å². The summed E-state index contributed by atoms with van der Waals surface area (Å²) in [6, 6.07) is -1.40. The second-order valence-corrected chi connectivity index (χ2v) is 12.2. The Balaban J connectivity index is 2.37. The highest BCUT2D eigenvalue weighted by Gasteiger charge is 2.41. The van der Waals surface area contributed by atoms with Gasteiger partial charge in [0.15, 0.2) is 10.8 Å². The number of hydrogen-bond acceptors (Lipinski definition) is 11. The molecule has 0 spiro atoms. The van der Waals surface area contributed by atoms with Crippen molar-refractivity contribution in [3.8, 4) is 0 Å². The maximum Gasteiger partial charge on any atom is 0.413 e. The first-order valence-corrected chi connectivity index (χ1v) is 12.5. The van der Waals surface area contributed by atoms with Crippen molar-refractivity contribution in [2.45, 2.75) is 84.3 Å². The zero-order valence-corrected chi connectivity index (χ0v) is 23.5. The largest absolute Gasteiger partial charge is 0.457 e. The predicted molar refractivity (Wildman–Crippen MR) is 137 cm³/mol. The quantitative estimate of drug-likeness (QED) is 0.160. The van der Waals surface area contributed by atoms with E-state index in [1.807, 2.05) is 0 Å². The maximum absolute atomic E-state index is 13.2. The van der Waals surface area contributed by atoms with Crippen LogP contribution < -0.4 is 21.7 Å². The normalized spacial score (nSPS) is 18.3. The van der Waals surface area contributed by atoms with Crippen molar-refractivity contribution >= 4 is 57.7 Å². The predicted octanol–water partition coefficient (Wildman–Crippen LogP) is 1.93. The number of β-lactam (4-membered cyclic amide) rings is 1. The Morgan fingerprint density at radius 3 is 2.22 bits per heavy atom. The molecule has 15 heteroatoms. The Labute approximate surface area is 223 Å². The third kappa shape index (κ3) is 8.54. The van der Waals surface area contributed by atoms with E-state index in [9.17, 15) is 19.2 Å². The number of thiazole rings is 1. The molecule has 1 aliphatic heterocycles. The zero-order valence-electron chi connectivity index (χ0n) is 22.0. The molecule has 1 aliphatic rings. The highest BCUT2D eigenvalue weighted by Crippen LogP contribution is 2.30. The highest BCUT2D eigenvalue weighted by atomic mass is 35.5. The lowest BCUT2D eigenvalue weighted by molar-refractivity contribution is -0.179. The molecule has 0 unspecified atom stereocenters. The number of nitrogens with one attached hydrogen (secondary N) is 3. The molecule has 2 atom stereocenters. The average molecular weight is 561 g/mol. The lowest BCUT2D eigenvalue weighted by Gasteiger charge is -2.36. The molecular formula is C22H33ClN6O7S. The highest BCUT2D eigenvalue weighted by molar-refractivity contribution is 7.20. The average Bonchev–Trinajstić information content (AvgIpc) is 3.06. The van der Waals surface area contributed by atoms with Crippen LogP contribution in [0.5, 0.6) is 0 Å². The van der Waals surface area contributed by atoms with Crippen molar-refractivity contribution in [3.05, 3.63) is 10.0 Å². The van der Waals surface area contributed by atoms with Gasteiger partial charge in [-0.1, -0.05) is 28.1 Å². The molecule has 1 aromatic rings. The van der Waals surface area contributed by atoms with Crippen LogP contribution in [0.3, 0.4) is 0 Å². The van der Waals surface area contributed by atoms with E-state index in [4.69, 9.17) is 31.6 Å². The van der Waals surface area contributed by atoms with Gasteiger partial charge in [-0.25, -0.2) is 14.6 Å². The number of oxime groups is 1.